The van der Waals surface area contributed by atoms with Crippen molar-refractivity contribution in [1.29, 1.82) is 0 Å². The van der Waals surface area contributed by atoms with Crippen molar-refractivity contribution in [3.63, 3.8) is 0 Å². The summed E-state index contributed by atoms with van der Waals surface area (Å²) in [6.07, 6.45) is 3.29. The molecule has 2 heterocycles. The quantitative estimate of drug-likeness (QED) is 0.632. The van der Waals surface area contributed by atoms with E-state index in [4.69, 9.17) is 16.3 Å². The predicted molar refractivity (Wildman–Crippen MR) is 114 cm³/mol. The van der Waals surface area contributed by atoms with Gasteiger partial charge in [0.25, 0.3) is 5.91 Å². The van der Waals surface area contributed by atoms with Gasteiger partial charge in [-0.1, -0.05) is 17.7 Å². The Morgan fingerprint density at radius 2 is 2.07 bits per heavy atom. The number of hydrogen-bond donors (Lipinski definition) is 2. The number of carbonyl (C=O) groups excluding carboxylic acids is 1. The number of benzene rings is 2. The molecule has 1 aliphatic rings. The highest BCUT2D eigenvalue weighted by atomic mass is 35.5. The lowest BCUT2D eigenvalue weighted by Crippen LogP contribution is -2.29. The van der Waals surface area contributed by atoms with Crippen LogP contribution in [0.3, 0.4) is 0 Å². The zero-order chi connectivity index (χ0) is 21.1. The summed E-state index contributed by atoms with van der Waals surface area (Å²) in [4.78, 5) is 13.1. The molecule has 156 valence electrons. The Morgan fingerprint density at radius 3 is 2.77 bits per heavy atom. The first-order valence-corrected chi connectivity index (χ1v) is 10.1. The highest BCUT2D eigenvalue weighted by molar-refractivity contribution is 6.32. The Labute approximate surface area is 179 Å². The van der Waals surface area contributed by atoms with Gasteiger partial charge in [-0.15, -0.1) is 0 Å². The van der Waals surface area contributed by atoms with Crippen LogP contribution in [0.1, 0.15) is 34.8 Å². The van der Waals surface area contributed by atoms with Crippen LogP contribution >= 0.6 is 11.6 Å². The highest BCUT2D eigenvalue weighted by Gasteiger charge is 2.27. The molecule has 0 unspecified atom stereocenters. The molecule has 0 atom stereocenters. The van der Waals surface area contributed by atoms with Gasteiger partial charge in [-0.2, -0.15) is 5.10 Å². The summed E-state index contributed by atoms with van der Waals surface area (Å²) in [7, 11) is 1.53. The molecule has 8 heteroatoms. The number of methoxy groups -OCH3 is 1. The molecular weight excluding hydrogens is 407 g/mol. The van der Waals surface area contributed by atoms with Crippen LogP contribution in [0.2, 0.25) is 5.02 Å². The number of halogens is 2. The minimum Gasteiger partial charge on any atom is -0.495 e. The molecule has 1 amide bonds. The Hall–Kier alpha value is -2.90. The number of carbonyl (C=O) groups is 1. The lowest BCUT2D eigenvalue weighted by molar-refractivity contribution is 0.102. The Bertz CT molecular complexity index is 1060. The van der Waals surface area contributed by atoms with Gasteiger partial charge in [0.05, 0.1) is 35.3 Å². The minimum absolute atomic E-state index is 0.136. The lowest BCUT2D eigenvalue weighted by Gasteiger charge is -2.24. The maximum atomic E-state index is 13.8. The number of ether oxygens (including phenoxy) is 1. The number of anilines is 1. The van der Waals surface area contributed by atoms with E-state index >= 15 is 0 Å². The van der Waals surface area contributed by atoms with Crippen molar-refractivity contribution >= 4 is 23.2 Å². The number of nitrogens with one attached hydrogen (secondary N) is 2. The molecule has 0 aliphatic carbocycles. The summed E-state index contributed by atoms with van der Waals surface area (Å²) in [6.45, 7) is 1.71. The third-order valence-electron chi connectivity index (χ3n) is 5.24. The number of piperidine rings is 1. The maximum absolute atomic E-state index is 13.8. The van der Waals surface area contributed by atoms with E-state index in [0.29, 0.717) is 27.7 Å². The van der Waals surface area contributed by atoms with E-state index in [1.54, 1.807) is 41.2 Å². The fourth-order valence-electron chi connectivity index (χ4n) is 3.78. The summed E-state index contributed by atoms with van der Waals surface area (Å²) in [5.41, 5.74) is 2.41. The number of nitrogens with zero attached hydrogens (tertiary/aromatic N) is 2. The van der Waals surface area contributed by atoms with Crippen molar-refractivity contribution < 1.29 is 13.9 Å². The largest absolute Gasteiger partial charge is 0.495 e. The Morgan fingerprint density at radius 1 is 1.27 bits per heavy atom. The van der Waals surface area contributed by atoms with Crippen LogP contribution in [-0.4, -0.2) is 35.9 Å². The van der Waals surface area contributed by atoms with Crippen molar-refractivity contribution in [3.05, 3.63) is 70.8 Å². The Kier molecular flexibility index (Phi) is 6.01. The molecule has 1 fully saturated rings. The summed E-state index contributed by atoms with van der Waals surface area (Å²) in [5, 5.41) is 11.1. The van der Waals surface area contributed by atoms with Gasteiger partial charge in [-0.05, 0) is 62.3 Å². The van der Waals surface area contributed by atoms with Crippen LogP contribution < -0.4 is 15.4 Å². The zero-order valence-corrected chi connectivity index (χ0v) is 17.2. The van der Waals surface area contributed by atoms with Crippen molar-refractivity contribution in [2.75, 3.05) is 25.5 Å². The van der Waals surface area contributed by atoms with Gasteiger partial charge < -0.3 is 15.4 Å². The molecule has 6 nitrogen and oxygen atoms in total. The van der Waals surface area contributed by atoms with Gasteiger partial charge in [0.1, 0.15) is 11.6 Å². The van der Waals surface area contributed by atoms with Gasteiger partial charge in [0.15, 0.2) is 0 Å². The van der Waals surface area contributed by atoms with Gasteiger partial charge in [0, 0.05) is 11.6 Å². The lowest BCUT2D eigenvalue weighted by atomic mass is 9.91. The molecule has 0 radical (unpaired) electrons. The fraction of sp³-hybridized carbons (Fsp3) is 0.273. The predicted octanol–water partition coefficient (Wildman–Crippen LogP) is 4.39. The highest BCUT2D eigenvalue weighted by Crippen LogP contribution is 2.32. The molecule has 1 aliphatic heterocycles. The first-order valence-electron chi connectivity index (χ1n) is 9.76. The first kappa shape index (κ1) is 20.4. The molecule has 0 spiro atoms. The zero-order valence-electron chi connectivity index (χ0n) is 16.5. The van der Waals surface area contributed by atoms with Crippen LogP contribution in [0.25, 0.3) is 5.69 Å². The number of hydrogen-bond acceptors (Lipinski definition) is 4. The Balaban J connectivity index is 1.70. The second kappa shape index (κ2) is 8.85. The fourth-order valence-corrected chi connectivity index (χ4v) is 4.03. The number of rotatable bonds is 5. The number of aromatic nitrogens is 2. The van der Waals surface area contributed by atoms with Gasteiger partial charge in [-0.25, -0.2) is 9.07 Å². The summed E-state index contributed by atoms with van der Waals surface area (Å²) < 4.78 is 20.7. The van der Waals surface area contributed by atoms with E-state index in [2.05, 4.69) is 15.7 Å². The average Bonchev–Trinajstić information content (AvgIpc) is 3.20. The van der Waals surface area contributed by atoms with Crippen LogP contribution in [0.15, 0.2) is 48.7 Å². The summed E-state index contributed by atoms with van der Waals surface area (Å²) in [5.74, 6) is 0.0340. The monoisotopic (exact) mass is 428 g/mol. The topological polar surface area (TPSA) is 68.2 Å². The molecule has 2 aromatic carbocycles. The first-order chi connectivity index (χ1) is 14.6. The minimum atomic E-state index is -0.349. The van der Waals surface area contributed by atoms with E-state index < -0.39 is 0 Å². The SMILES string of the molecule is COc1ccc(NC(=O)c2cnn(-c3cccc(F)c3)c2C2CCNCC2)cc1Cl. The normalized spacial score (nSPS) is 14.5. The van der Waals surface area contributed by atoms with Crippen LogP contribution in [-0.2, 0) is 0 Å². The molecule has 30 heavy (non-hydrogen) atoms. The second-order valence-corrected chi connectivity index (χ2v) is 7.57. The molecule has 1 aromatic heterocycles. The molecular formula is C22H22ClFN4O2. The van der Waals surface area contributed by atoms with Crippen LogP contribution in [0, 0.1) is 5.82 Å². The van der Waals surface area contributed by atoms with E-state index in [9.17, 15) is 9.18 Å². The smallest absolute Gasteiger partial charge is 0.259 e. The molecule has 0 bridgehead atoms. The standard InChI is InChI=1S/C22H22ClFN4O2/c1-30-20-6-5-16(12-19(20)23)27-22(29)18-13-26-28(17-4-2-3-15(24)11-17)21(18)14-7-9-25-10-8-14/h2-6,11-14,25H,7-10H2,1H3,(H,27,29). The van der Waals surface area contributed by atoms with Crippen molar-refractivity contribution in [3.8, 4) is 11.4 Å². The molecule has 0 saturated carbocycles. The third kappa shape index (κ3) is 4.17. The van der Waals surface area contributed by atoms with Gasteiger partial charge >= 0.3 is 0 Å². The van der Waals surface area contributed by atoms with Gasteiger partial charge in [0.2, 0.25) is 0 Å². The van der Waals surface area contributed by atoms with E-state index in [1.807, 2.05) is 0 Å². The van der Waals surface area contributed by atoms with Crippen molar-refractivity contribution in [1.82, 2.24) is 15.1 Å². The van der Waals surface area contributed by atoms with Gasteiger partial charge in [-0.3, -0.25) is 4.79 Å². The van der Waals surface area contributed by atoms with Crippen molar-refractivity contribution in [2.45, 2.75) is 18.8 Å². The molecule has 4 rings (SSSR count). The van der Waals surface area contributed by atoms with E-state index in [0.717, 1.165) is 31.6 Å². The molecule has 2 N–H and O–H groups in total. The van der Waals surface area contributed by atoms with Crippen LogP contribution in [0.4, 0.5) is 10.1 Å². The molecule has 1 saturated heterocycles. The second-order valence-electron chi connectivity index (χ2n) is 7.16. The summed E-state index contributed by atoms with van der Waals surface area (Å²) >= 11 is 6.18. The average molecular weight is 429 g/mol. The van der Waals surface area contributed by atoms with E-state index in [1.165, 1.54) is 19.2 Å². The summed E-state index contributed by atoms with van der Waals surface area (Å²) in [6, 6.07) is 11.3. The van der Waals surface area contributed by atoms with E-state index in [-0.39, 0.29) is 17.6 Å². The van der Waals surface area contributed by atoms with Crippen LogP contribution in [0.5, 0.6) is 5.75 Å². The number of amides is 1. The third-order valence-corrected chi connectivity index (χ3v) is 5.53. The van der Waals surface area contributed by atoms with Crippen molar-refractivity contribution in [2.24, 2.45) is 0 Å². The maximum Gasteiger partial charge on any atom is 0.259 e. The molecule has 3 aromatic rings.